The number of rotatable bonds is 5. The van der Waals surface area contributed by atoms with Crippen molar-refractivity contribution in [2.75, 3.05) is 18.2 Å². The lowest BCUT2D eigenvalue weighted by Crippen LogP contribution is -2.34. The molecule has 0 saturated carbocycles. The molecule has 0 aliphatic rings. The van der Waals surface area contributed by atoms with Crippen LogP contribution in [0.15, 0.2) is 59.5 Å². The van der Waals surface area contributed by atoms with Crippen molar-refractivity contribution >= 4 is 23.5 Å². The Morgan fingerprint density at radius 2 is 1.95 bits per heavy atom. The van der Waals surface area contributed by atoms with Crippen LogP contribution < -0.4 is 10.6 Å². The van der Waals surface area contributed by atoms with Gasteiger partial charge in [-0.25, -0.2) is 4.79 Å². The van der Waals surface area contributed by atoms with E-state index >= 15 is 0 Å². The third kappa shape index (κ3) is 4.51. The number of amides is 2. The first-order valence-electron chi connectivity index (χ1n) is 6.60. The molecular formula is C16H18N2O2S. The van der Waals surface area contributed by atoms with Gasteiger partial charge in [0.15, 0.2) is 0 Å². The molecular weight excluding hydrogens is 284 g/mol. The van der Waals surface area contributed by atoms with Crippen molar-refractivity contribution in [2.45, 2.75) is 10.9 Å². The molecule has 0 aromatic heterocycles. The Kier molecular flexibility index (Phi) is 5.66. The Morgan fingerprint density at radius 1 is 1.19 bits per heavy atom. The molecule has 0 bridgehead atoms. The summed E-state index contributed by atoms with van der Waals surface area (Å²) >= 11 is 1.61. The molecule has 110 valence electrons. The minimum absolute atomic E-state index is 0.151. The Balaban J connectivity index is 2.00. The summed E-state index contributed by atoms with van der Waals surface area (Å²) in [4.78, 5) is 13.1. The van der Waals surface area contributed by atoms with Crippen molar-refractivity contribution in [3.8, 4) is 0 Å². The molecule has 1 atom stereocenters. The maximum absolute atomic E-state index is 12.0. The molecule has 1 unspecified atom stereocenters. The van der Waals surface area contributed by atoms with E-state index in [0.717, 1.165) is 16.1 Å². The fraction of sp³-hybridized carbons (Fsp3) is 0.188. The fourth-order valence-corrected chi connectivity index (χ4v) is 2.41. The highest BCUT2D eigenvalue weighted by molar-refractivity contribution is 7.98. The maximum Gasteiger partial charge on any atom is 0.319 e. The molecule has 0 spiro atoms. The second-order valence-corrected chi connectivity index (χ2v) is 5.36. The van der Waals surface area contributed by atoms with Crippen LogP contribution in [-0.4, -0.2) is 24.0 Å². The number of urea groups is 1. The summed E-state index contributed by atoms with van der Waals surface area (Å²) in [5.74, 6) is 0. The lowest BCUT2D eigenvalue weighted by molar-refractivity contribution is 0.225. The Bertz CT molecular complexity index is 590. The Labute approximate surface area is 128 Å². The lowest BCUT2D eigenvalue weighted by Gasteiger charge is -2.17. The van der Waals surface area contributed by atoms with E-state index in [1.54, 1.807) is 11.8 Å². The summed E-state index contributed by atoms with van der Waals surface area (Å²) in [6, 6.07) is 16.2. The summed E-state index contributed by atoms with van der Waals surface area (Å²) in [6.45, 7) is -0.151. The van der Waals surface area contributed by atoms with Crippen molar-refractivity contribution in [2.24, 2.45) is 0 Å². The van der Waals surface area contributed by atoms with Gasteiger partial charge in [0, 0.05) is 10.6 Å². The first kappa shape index (κ1) is 15.4. The molecule has 2 aromatic rings. The minimum Gasteiger partial charge on any atom is -0.394 e. The molecule has 2 amide bonds. The number of carbonyl (C=O) groups is 1. The van der Waals surface area contributed by atoms with Crippen molar-refractivity contribution in [1.82, 2.24) is 5.32 Å². The van der Waals surface area contributed by atoms with E-state index in [2.05, 4.69) is 10.6 Å². The second-order valence-electron chi connectivity index (χ2n) is 4.48. The zero-order chi connectivity index (χ0) is 15.1. The van der Waals surface area contributed by atoms with Gasteiger partial charge in [0.1, 0.15) is 0 Å². The molecule has 2 rings (SSSR count). The molecule has 4 nitrogen and oxygen atoms in total. The SMILES string of the molecule is CSc1cccc(NC(=O)NC(CO)c2ccccc2)c1. The minimum atomic E-state index is -0.421. The van der Waals surface area contributed by atoms with Crippen molar-refractivity contribution < 1.29 is 9.90 Å². The van der Waals surface area contributed by atoms with E-state index in [0.29, 0.717) is 0 Å². The summed E-state index contributed by atoms with van der Waals surface area (Å²) in [5, 5.41) is 15.0. The quantitative estimate of drug-likeness (QED) is 0.743. The molecule has 5 heteroatoms. The topological polar surface area (TPSA) is 61.4 Å². The van der Waals surface area contributed by atoms with Crippen LogP contribution in [0.4, 0.5) is 10.5 Å². The second kappa shape index (κ2) is 7.71. The van der Waals surface area contributed by atoms with Gasteiger partial charge in [-0.1, -0.05) is 36.4 Å². The molecule has 2 aromatic carbocycles. The molecule has 0 fully saturated rings. The smallest absolute Gasteiger partial charge is 0.319 e. The highest BCUT2D eigenvalue weighted by Crippen LogP contribution is 2.19. The third-order valence-corrected chi connectivity index (χ3v) is 3.74. The Morgan fingerprint density at radius 3 is 2.62 bits per heavy atom. The van der Waals surface area contributed by atoms with Crippen molar-refractivity contribution in [1.29, 1.82) is 0 Å². The number of thioether (sulfide) groups is 1. The number of benzene rings is 2. The zero-order valence-corrected chi connectivity index (χ0v) is 12.6. The predicted molar refractivity (Wildman–Crippen MR) is 86.6 cm³/mol. The van der Waals surface area contributed by atoms with Gasteiger partial charge in [0.2, 0.25) is 0 Å². The number of carbonyl (C=O) groups excluding carboxylic acids is 1. The van der Waals surface area contributed by atoms with Gasteiger partial charge in [-0.3, -0.25) is 0 Å². The van der Waals surface area contributed by atoms with Crippen LogP contribution in [0.5, 0.6) is 0 Å². The number of aliphatic hydroxyl groups excluding tert-OH is 1. The number of aliphatic hydroxyl groups is 1. The summed E-state index contributed by atoms with van der Waals surface area (Å²) in [7, 11) is 0. The molecule has 0 saturated heterocycles. The number of anilines is 1. The highest BCUT2D eigenvalue weighted by Gasteiger charge is 2.13. The van der Waals surface area contributed by atoms with Crippen molar-refractivity contribution in [3.63, 3.8) is 0 Å². The molecule has 3 N–H and O–H groups in total. The molecule has 0 heterocycles. The highest BCUT2D eigenvalue weighted by atomic mass is 32.2. The van der Waals surface area contributed by atoms with Gasteiger partial charge >= 0.3 is 6.03 Å². The van der Waals surface area contributed by atoms with Gasteiger partial charge in [-0.15, -0.1) is 11.8 Å². The van der Waals surface area contributed by atoms with E-state index in [-0.39, 0.29) is 12.6 Å². The predicted octanol–water partition coefficient (Wildman–Crippen LogP) is 3.26. The maximum atomic E-state index is 12.0. The number of hydrogen-bond acceptors (Lipinski definition) is 3. The Hall–Kier alpha value is -1.98. The normalized spacial score (nSPS) is 11.7. The third-order valence-electron chi connectivity index (χ3n) is 3.02. The van der Waals surface area contributed by atoms with Gasteiger partial charge in [0.05, 0.1) is 12.6 Å². The zero-order valence-electron chi connectivity index (χ0n) is 11.7. The summed E-state index contributed by atoms with van der Waals surface area (Å²) in [5.41, 5.74) is 1.59. The largest absolute Gasteiger partial charge is 0.394 e. The summed E-state index contributed by atoms with van der Waals surface area (Å²) in [6.07, 6.45) is 1.98. The van der Waals surface area contributed by atoms with Crippen molar-refractivity contribution in [3.05, 3.63) is 60.2 Å². The van der Waals surface area contributed by atoms with Gasteiger partial charge in [-0.2, -0.15) is 0 Å². The molecule has 0 aliphatic heterocycles. The van der Waals surface area contributed by atoms with E-state index < -0.39 is 6.04 Å². The number of nitrogens with one attached hydrogen (secondary N) is 2. The van der Waals surface area contributed by atoms with Crippen LogP contribution in [0.1, 0.15) is 11.6 Å². The monoisotopic (exact) mass is 302 g/mol. The molecule has 0 aliphatic carbocycles. The van der Waals surface area contributed by atoms with Crippen LogP contribution in [0.3, 0.4) is 0 Å². The average Bonchev–Trinajstić information content (AvgIpc) is 2.53. The van der Waals surface area contributed by atoms with Crippen LogP contribution in [0, 0.1) is 0 Å². The van der Waals surface area contributed by atoms with E-state index in [4.69, 9.17) is 0 Å². The molecule has 21 heavy (non-hydrogen) atoms. The van der Waals surface area contributed by atoms with Crippen LogP contribution >= 0.6 is 11.8 Å². The van der Waals surface area contributed by atoms with Gasteiger partial charge < -0.3 is 15.7 Å². The van der Waals surface area contributed by atoms with E-state index in [9.17, 15) is 9.90 Å². The first-order chi connectivity index (χ1) is 10.2. The van der Waals surface area contributed by atoms with Crippen LogP contribution in [0.25, 0.3) is 0 Å². The standard InChI is InChI=1S/C16H18N2O2S/c1-21-14-9-5-8-13(10-14)17-16(20)18-15(11-19)12-6-3-2-4-7-12/h2-10,15,19H,11H2,1H3,(H2,17,18,20). The lowest BCUT2D eigenvalue weighted by atomic mass is 10.1. The van der Waals surface area contributed by atoms with Crippen LogP contribution in [-0.2, 0) is 0 Å². The number of hydrogen-bond donors (Lipinski definition) is 3. The average molecular weight is 302 g/mol. The molecule has 0 radical (unpaired) electrons. The van der Waals surface area contributed by atoms with Gasteiger partial charge in [0.25, 0.3) is 0 Å². The summed E-state index contributed by atoms with van der Waals surface area (Å²) < 4.78 is 0. The van der Waals surface area contributed by atoms with E-state index in [1.807, 2.05) is 60.9 Å². The van der Waals surface area contributed by atoms with Crippen LogP contribution in [0.2, 0.25) is 0 Å². The fourth-order valence-electron chi connectivity index (χ4n) is 1.95. The first-order valence-corrected chi connectivity index (χ1v) is 7.83. The van der Waals surface area contributed by atoms with E-state index in [1.165, 1.54) is 0 Å². The van der Waals surface area contributed by atoms with Gasteiger partial charge in [-0.05, 0) is 30.0 Å².